The van der Waals surface area contributed by atoms with E-state index in [9.17, 15) is 31.9 Å². The number of alkyl halides is 3. The number of rotatable bonds is 4. The lowest BCUT2D eigenvalue weighted by atomic mass is 10.0. The molecule has 5 rings (SSSR count). The third kappa shape index (κ3) is 7.19. The normalized spacial score (nSPS) is 15.3. The minimum absolute atomic E-state index is 0.112. The van der Waals surface area contributed by atoms with Gasteiger partial charge >= 0.3 is 12.3 Å². The van der Waals surface area contributed by atoms with E-state index < -0.39 is 54.1 Å². The zero-order valence-corrected chi connectivity index (χ0v) is 24.6. The fourth-order valence-corrected chi connectivity index (χ4v) is 5.82. The Bertz CT molecular complexity index is 1530. The minimum Gasteiger partial charge on any atom is -0.448 e. The van der Waals surface area contributed by atoms with Crippen molar-refractivity contribution in [3.63, 3.8) is 0 Å². The summed E-state index contributed by atoms with van der Waals surface area (Å²) in [6.07, 6.45) is -5.14. The maximum atomic E-state index is 13.7. The van der Waals surface area contributed by atoms with Crippen LogP contribution < -0.4 is 15.6 Å². The Hall–Kier alpha value is -3.91. The molecule has 1 amide bonds. The molecule has 2 aromatic carbocycles. The SMILES string of the molecule is COC(=O)OC(C)Oc1c2n(ccc1=O)NCN([C@H](C)C(F)(F)F)C2=O.Fc1cccc2c1CSc1c(Cl)cccc1C2. The number of nitrogens with zero attached hydrogens (tertiary/aromatic N) is 2. The van der Waals surface area contributed by atoms with Crippen LogP contribution in [0.25, 0.3) is 0 Å². The third-order valence-electron chi connectivity index (χ3n) is 6.59. The van der Waals surface area contributed by atoms with Gasteiger partial charge in [0.25, 0.3) is 5.91 Å². The first-order valence-electron chi connectivity index (χ1n) is 12.8. The van der Waals surface area contributed by atoms with Crippen molar-refractivity contribution in [1.82, 2.24) is 9.58 Å². The molecule has 230 valence electrons. The Morgan fingerprint density at radius 1 is 1.09 bits per heavy atom. The lowest BCUT2D eigenvalue weighted by Gasteiger charge is -2.36. The fourth-order valence-electron chi connectivity index (χ4n) is 4.32. The first kappa shape index (κ1) is 32.0. The molecule has 9 nitrogen and oxygen atoms in total. The van der Waals surface area contributed by atoms with Gasteiger partial charge in [0.1, 0.15) is 18.5 Å². The Kier molecular flexibility index (Phi) is 9.80. The minimum atomic E-state index is -4.66. The standard InChI is InChI=1S/C14H10ClFS.C14H16F3N3O6/c15-12-5-1-4-10-7-9-3-2-6-13(16)11(9)8-17-14(10)12;1-7(14(15,16)17)19-6-18-20-5-4-9(21)11(10(20)12(19)22)25-8(2)26-13(23)24-3/h1-6H,7-8H2;4-5,7-8,18H,6H2,1-3H3/t;7-,8?/m.1/s1. The van der Waals surface area contributed by atoms with Crippen molar-refractivity contribution < 1.29 is 41.4 Å². The molecule has 0 bridgehead atoms. The number of ether oxygens (including phenoxy) is 3. The van der Waals surface area contributed by atoms with E-state index in [2.05, 4.69) is 21.0 Å². The van der Waals surface area contributed by atoms with Gasteiger partial charge in [0.2, 0.25) is 17.5 Å². The van der Waals surface area contributed by atoms with Crippen LogP contribution in [0.3, 0.4) is 0 Å². The van der Waals surface area contributed by atoms with Crippen LogP contribution in [0.15, 0.2) is 58.4 Å². The van der Waals surface area contributed by atoms with Crippen LogP contribution in [0.2, 0.25) is 5.02 Å². The molecular weight excluding hydrogens is 618 g/mol. The molecule has 0 spiro atoms. The van der Waals surface area contributed by atoms with Crippen molar-refractivity contribution in [3.05, 3.63) is 92.1 Å². The van der Waals surface area contributed by atoms with Gasteiger partial charge in [0, 0.05) is 35.4 Å². The zero-order valence-electron chi connectivity index (χ0n) is 23.0. The van der Waals surface area contributed by atoms with Crippen molar-refractivity contribution >= 4 is 35.4 Å². The number of hydrogen-bond acceptors (Lipinski definition) is 8. The highest BCUT2D eigenvalue weighted by molar-refractivity contribution is 7.98. The molecule has 43 heavy (non-hydrogen) atoms. The van der Waals surface area contributed by atoms with E-state index >= 15 is 0 Å². The van der Waals surface area contributed by atoms with Crippen LogP contribution in [0, 0.1) is 5.82 Å². The number of amides is 1. The number of benzene rings is 2. The lowest BCUT2D eigenvalue weighted by Crippen LogP contribution is -2.54. The smallest absolute Gasteiger partial charge is 0.448 e. The zero-order chi connectivity index (χ0) is 31.5. The van der Waals surface area contributed by atoms with E-state index in [0.717, 1.165) is 52.2 Å². The highest BCUT2D eigenvalue weighted by atomic mass is 35.5. The van der Waals surface area contributed by atoms with Crippen LogP contribution in [0.5, 0.6) is 5.75 Å². The number of thioether (sulfide) groups is 1. The summed E-state index contributed by atoms with van der Waals surface area (Å²) in [6, 6.07) is 10.1. The molecule has 15 heteroatoms. The van der Waals surface area contributed by atoms with Crippen LogP contribution in [0.1, 0.15) is 41.0 Å². The summed E-state index contributed by atoms with van der Waals surface area (Å²) in [5, 5.41) is 0.765. The molecule has 2 aliphatic rings. The van der Waals surface area contributed by atoms with Crippen molar-refractivity contribution in [3.8, 4) is 5.75 Å². The summed E-state index contributed by atoms with van der Waals surface area (Å²) >= 11 is 7.80. The predicted octanol–water partition coefficient (Wildman–Crippen LogP) is 5.94. The number of aromatic nitrogens is 1. The number of carbonyl (C=O) groups is 2. The van der Waals surface area contributed by atoms with E-state index in [1.165, 1.54) is 24.8 Å². The average Bonchev–Trinajstić information content (AvgIpc) is 3.15. The molecule has 3 heterocycles. The molecule has 0 fully saturated rings. The van der Waals surface area contributed by atoms with Gasteiger partial charge in [0.15, 0.2) is 5.69 Å². The maximum absolute atomic E-state index is 13.7. The van der Waals surface area contributed by atoms with Crippen molar-refractivity contribution in [2.24, 2.45) is 0 Å². The number of hydrogen-bond donors (Lipinski definition) is 1. The molecule has 1 N–H and O–H groups in total. The van der Waals surface area contributed by atoms with Gasteiger partial charge in [-0.1, -0.05) is 35.9 Å². The van der Waals surface area contributed by atoms with Crippen molar-refractivity contribution in [1.29, 1.82) is 0 Å². The molecule has 0 saturated carbocycles. The predicted molar refractivity (Wildman–Crippen MR) is 150 cm³/mol. The van der Waals surface area contributed by atoms with E-state index in [-0.39, 0.29) is 5.82 Å². The highest BCUT2D eigenvalue weighted by Crippen LogP contribution is 2.38. The van der Waals surface area contributed by atoms with Crippen molar-refractivity contribution in [2.75, 3.05) is 19.2 Å². The second-order valence-corrected chi connectivity index (χ2v) is 10.8. The highest BCUT2D eigenvalue weighted by Gasteiger charge is 2.45. The van der Waals surface area contributed by atoms with E-state index in [1.54, 1.807) is 17.8 Å². The Morgan fingerprint density at radius 2 is 1.79 bits per heavy atom. The maximum Gasteiger partial charge on any atom is 0.511 e. The molecule has 2 aliphatic heterocycles. The first-order chi connectivity index (χ1) is 20.3. The number of carbonyl (C=O) groups excluding carboxylic acids is 2. The number of pyridine rings is 1. The third-order valence-corrected chi connectivity index (χ3v) is 8.22. The molecule has 1 aromatic heterocycles. The van der Waals surface area contributed by atoms with Gasteiger partial charge in [-0.15, -0.1) is 11.8 Å². The fraction of sp³-hybridized carbons (Fsp3) is 0.321. The quantitative estimate of drug-likeness (QED) is 0.212. The summed E-state index contributed by atoms with van der Waals surface area (Å²) in [5.41, 5.74) is 4.41. The topological polar surface area (TPSA) is 99.1 Å². The lowest BCUT2D eigenvalue weighted by molar-refractivity contribution is -0.172. The summed E-state index contributed by atoms with van der Waals surface area (Å²) in [7, 11) is 1.05. The monoisotopic (exact) mass is 643 g/mol. The van der Waals surface area contributed by atoms with Crippen molar-refractivity contribution in [2.45, 2.75) is 49.4 Å². The van der Waals surface area contributed by atoms with E-state index in [4.69, 9.17) is 16.3 Å². The summed E-state index contributed by atoms with van der Waals surface area (Å²) < 4.78 is 67.8. The van der Waals surface area contributed by atoms with Gasteiger partial charge in [0.05, 0.1) is 12.1 Å². The second-order valence-electron chi connectivity index (χ2n) is 9.36. The van der Waals surface area contributed by atoms with E-state index in [0.29, 0.717) is 10.7 Å². The molecular formula is C28H26ClF4N3O6S. The average molecular weight is 644 g/mol. The number of fused-ring (bicyclic) bond motifs is 3. The van der Waals surface area contributed by atoms with Gasteiger partial charge in [-0.25, -0.2) is 9.18 Å². The molecule has 0 aliphatic carbocycles. The second kappa shape index (κ2) is 13.2. The van der Waals surface area contributed by atoms with Gasteiger partial charge < -0.3 is 24.5 Å². The van der Waals surface area contributed by atoms with Crippen LogP contribution >= 0.6 is 23.4 Å². The number of halogens is 5. The summed E-state index contributed by atoms with van der Waals surface area (Å²) in [5.74, 6) is -1.08. The van der Waals surface area contributed by atoms with Crippen LogP contribution in [0.4, 0.5) is 22.4 Å². The molecule has 1 unspecified atom stereocenters. The summed E-state index contributed by atoms with van der Waals surface area (Å²) in [4.78, 5) is 37.3. The largest absolute Gasteiger partial charge is 0.511 e. The molecule has 0 saturated heterocycles. The molecule has 0 radical (unpaired) electrons. The van der Waals surface area contributed by atoms with Crippen LogP contribution in [-0.2, 0) is 21.6 Å². The van der Waals surface area contributed by atoms with Gasteiger partial charge in [-0.2, -0.15) is 13.2 Å². The molecule has 2 atom stereocenters. The number of nitrogens with one attached hydrogen (secondary N) is 1. The number of methoxy groups -OCH3 is 1. The first-order valence-corrected chi connectivity index (χ1v) is 14.1. The Morgan fingerprint density at radius 3 is 2.49 bits per heavy atom. The summed E-state index contributed by atoms with van der Waals surface area (Å²) in [6.45, 7) is 1.64. The Balaban J connectivity index is 0.000000213. The van der Waals surface area contributed by atoms with Crippen LogP contribution in [-0.4, -0.2) is 53.9 Å². The molecule has 3 aromatic rings. The Labute approximate surface area is 252 Å². The van der Waals surface area contributed by atoms with E-state index in [1.807, 2.05) is 18.2 Å². The van der Waals surface area contributed by atoms with Gasteiger partial charge in [-0.3, -0.25) is 14.3 Å². The van der Waals surface area contributed by atoms with Gasteiger partial charge in [-0.05, 0) is 36.6 Å².